The van der Waals surface area contributed by atoms with Gasteiger partial charge in [-0.15, -0.1) is 0 Å². The Kier molecular flexibility index (Phi) is 9.09. The normalized spacial score (nSPS) is 12.1. The van der Waals surface area contributed by atoms with Gasteiger partial charge in [-0.05, 0) is 70.7 Å². The zero-order valence-corrected chi connectivity index (χ0v) is 22.6. The molecule has 6 heteroatoms. The Labute approximate surface area is 227 Å². The highest BCUT2D eigenvalue weighted by Gasteiger charge is 2.29. The topological polar surface area (TPSA) is 60.5 Å². The number of amides is 1. The standard InChI is InChI=1S/C31H31BrN2O3/c1-31(2,29-15-9-10-18-33-29)34-30(35)28(37-22-24-13-7-4-8-14-24)20-25-16-17-27(26(32)19-25)36-21-23-11-5-3-6-12-23/h3-19,28H,20-22H2,1-2H3,(H,34,35)/t28-/m1/s1. The maximum atomic E-state index is 13.5. The second-order valence-electron chi connectivity index (χ2n) is 9.36. The smallest absolute Gasteiger partial charge is 0.250 e. The molecule has 0 bridgehead atoms. The summed E-state index contributed by atoms with van der Waals surface area (Å²) in [6.45, 7) is 4.70. The van der Waals surface area contributed by atoms with E-state index in [0.717, 1.165) is 32.6 Å². The van der Waals surface area contributed by atoms with Gasteiger partial charge >= 0.3 is 0 Å². The fourth-order valence-electron chi connectivity index (χ4n) is 3.92. The number of rotatable bonds is 11. The first-order chi connectivity index (χ1) is 17.9. The number of carbonyl (C=O) groups excluding carboxylic acids is 1. The quantitative estimate of drug-likeness (QED) is 0.225. The molecular weight excluding hydrogens is 528 g/mol. The van der Waals surface area contributed by atoms with Crippen LogP contribution in [-0.4, -0.2) is 17.0 Å². The molecule has 4 aromatic rings. The van der Waals surface area contributed by atoms with Crippen molar-refractivity contribution in [3.05, 3.63) is 130 Å². The monoisotopic (exact) mass is 558 g/mol. The van der Waals surface area contributed by atoms with Gasteiger partial charge in [0.15, 0.2) is 0 Å². The van der Waals surface area contributed by atoms with Crippen molar-refractivity contribution >= 4 is 21.8 Å². The molecule has 0 radical (unpaired) electrons. The summed E-state index contributed by atoms with van der Waals surface area (Å²) in [5, 5.41) is 3.13. The SMILES string of the molecule is CC(C)(NC(=O)[C@@H](Cc1ccc(OCc2ccccc2)c(Br)c1)OCc1ccccc1)c1ccccn1. The van der Waals surface area contributed by atoms with Gasteiger partial charge in [0.25, 0.3) is 0 Å². The predicted octanol–water partition coefficient (Wildman–Crippen LogP) is 6.60. The Balaban J connectivity index is 1.47. The third-order valence-electron chi connectivity index (χ3n) is 5.98. The number of nitrogens with one attached hydrogen (secondary N) is 1. The van der Waals surface area contributed by atoms with Crippen LogP contribution in [-0.2, 0) is 34.7 Å². The zero-order valence-electron chi connectivity index (χ0n) is 21.1. The van der Waals surface area contributed by atoms with Gasteiger partial charge < -0.3 is 14.8 Å². The second-order valence-corrected chi connectivity index (χ2v) is 10.2. The van der Waals surface area contributed by atoms with E-state index < -0.39 is 11.6 Å². The molecule has 0 unspecified atom stereocenters. The van der Waals surface area contributed by atoms with Crippen LogP contribution >= 0.6 is 15.9 Å². The van der Waals surface area contributed by atoms with Crippen molar-refractivity contribution in [3.8, 4) is 5.75 Å². The van der Waals surface area contributed by atoms with Crippen LogP contribution in [0.1, 0.15) is 36.2 Å². The summed E-state index contributed by atoms with van der Waals surface area (Å²) in [5.74, 6) is 0.558. The molecule has 1 amide bonds. The summed E-state index contributed by atoms with van der Waals surface area (Å²) in [6, 6.07) is 31.5. The number of halogens is 1. The van der Waals surface area contributed by atoms with Gasteiger partial charge in [-0.3, -0.25) is 9.78 Å². The molecule has 0 saturated carbocycles. The van der Waals surface area contributed by atoms with Crippen LogP contribution in [0.3, 0.4) is 0 Å². The Bertz CT molecular complexity index is 1280. The van der Waals surface area contributed by atoms with Crippen LogP contribution in [0.4, 0.5) is 0 Å². The van der Waals surface area contributed by atoms with Gasteiger partial charge in [0.1, 0.15) is 18.5 Å². The highest BCUT2D eigenvalue weighted by atomic mass is 79.9. The Morgan fingerprint density at radius 2 is 1.51 bits per heavy atom. The van der Waals surface area contributed by atoms with Gasteiger partial charge in [-0.2, -0.15) is 0 Å². The highest BCUT2D eigenvalue weighted by molar-refractivity contribution is 9.10. The van der Waals surface area contributed by atoms with Crippen LogP contribution in [0, 0.1) is 0 Å². The number of benzene rings is 3. The number of carbonyl (C=O) groups is 1. The number of hydrogen-bond donors (Lipinski definition) is 1. The molecule has 3 aromatic carbocycles. The van der Waals surface area contributed by atoms with Crippen molar-refractivity contribution in [1.29, 1.82) is 0 Å². The molecule has 0 saturated heterocycles. The number of aromatic nitrogens is 1. The van der Waals surface area contributed by atoms with Gasteiger partial charge in [0, 0.05) is 12.6 Å². The second kappa shape index (κ2) is 12.7. The molecule has 37 heavy (non-hydrogen) atoms. The Morgan fingerprint density at radius 3 is 2.14 bits per heavy atom. The summed E-state index contributed by atoms with van der Waals surface area (Å²) in [5.41, 5.74) is 3.20. The molecule has 1 heterocycles. The molecule has 1 atom stereocenters. The molecule has 0 fully saturated rings. The van der Waals surface area contributed by atoms with E-state index in [1.165, 1.54) is 0 Å². The van der Waals surface area contributed by atoms with Crippen molar-refractivity contribution < 1.29 is 14.3 Å². The molecule has 0 aliphatic rings. The fourth-order valence-corrected chi connectivity index (χ4v) is 4.46. The predicted molar refractivity (Wildman–Crippen MR) is 149 cm³/mol. The summed E-state index contributed by atoms with van der Waals surface area (Å²) in [4.78, 5) is 17.9. The molecule has 0 aliphatic heterocycles. The molecule has 5 nitrogen and oxygen atoms in total. The fraction of sp³-hybridized carbons (Fsp3) is 0.226. The Hall–Kier alpha value is -3.48. The van der Waals surface area contributed by atoms with Crippen LogP contribution in [0.2, 0.25) is 0 Å². The average Bonchev–Trinajstić information content (AvgIpc) is 2.92. The summed E-state index contributed by atoms with van der Waals surface area (Å²) >= 11 is 3.63. The summed E-state index contributed by atoms with van der Waals surface area (Å²) < 4.78 is 13.0. The van der Waals surface area contributed by atoms with E-state index in [0.29, 0.717) is 19.6 Å². The number of ether oxygens (including phenoxy) is 2. The van der Waals surface area contributed by atoms with E-state index in [4.69, 9.17) is 9.47 Å². The first-order valence-corrected chi connectivity index (χ1v) is 13.0. The minimum absolute atomic E-state index is 0.188. The largest absolute Gasteiger partial charge is 0.488 e. The lowest BCUT2D eigenvalue weighted by atomic mass is 9.98. The van der Waals surface area contributed by atoms with Crippen molar-refractivity contribution in [2.75, 3.05) is 0 Å². The third-order valence-corrected chi connectivity index (χ3v) is 6.60. The Morgan fingerprint density at radius 1 is 0.865 bits per heavy atom. The lowest BCUT2D eigenvalue weighted by Crippen LogP contribution is -2.47. The van der Waals surface area contributed by atoms with Crippen molar-refractivity contribution in [1.82, 2.24) is 10.3 Å². The van der Waals surface area contributed by atoms with E-state index in [9.17, 15) is 4.79 Å². The van der Waals surface area contributed by atoms with E-state index in [2.05, 4.69) is 26.2 Å². The summed E-state index contributed by atoms with van der Waals surface area (Å²) in [7, 11) is 0. The first-order valence-electron chi connectivity index (χ1n) is 12.2. The molecule has 0 spiro atoms. The van der Waals surface area contributed by atoms with Crippen molar-refractivity contribution in [2.45, 2.75) is 45.1 Å². The number of pyridine rings is 1. The molecular formula is C31H31BrN2O3. The number of nitrogens with zero attached hydrogens (tertiary/aromatic N) is 1. The van der Waals surface area contributed by atoms with Crippen LogP contribution in [0.25, 0.3) is 0 Å². The first kappa shape index (κ1) is 26.6. The lowest BCUT2D eigenvalue weighted by Gasteiger charge is -2.28. The third kappa shape index (κ3) is 7.75. The molecule has 4 rings (SSSR count). The van der Waals surface area contributed by atoms with Gasteiger partial charge in [0.05, 0.1) is 22.3 Å². The zero-order chi connectivity index (χ0) is 26.1. The minimum Gasteiger partial charge on any atom is -0.488 e. The lowest BCUT2D eigenvalue weighted by molar-refractivity contribution is -0.135. The minimum atomic E-state index is -0.689. The van der Waals surface area contributed by atoms with E-state index >= 15 is 0 Å². The molecule has 1 N–H and O–H groups in total. The van der Waals surface area contributed by atoms with Gasteiger partial charge in [-0.1, -0.05) is 72.8 Å². The van der Waals surface area contributed by atoms with Crippen molar-refractivity contribution in [3.63, 3.8) is 0 Å². The van der Waals surface area contributed by atoms with Gasteiger partial charge in [0.2, 0.25) is 5.91 Å². The molecule has 0 aliphatic carbocycles. The average molecular weight is 560 g/mol. The molecule has 190 valence electrons. The van der Waals surface area contributed by atoms with Gasteiger partial charge in [-0.25, -0.2) is 0 Å². The van der Waals surface area contributed by atoms with E-state index in [1.807, 2.05) is 111 Å². The molecule has 1 aromatic heterocycles. The van der Waals surface area contributed by atoms with Crippen LogP contribution in [0.5, 0.6) is 5.75 Å². The van der Waals surface area contributed by atoms with E-state index in [-0.39, 0.29) is 5.91 Å². The maximum Gasteiger partial charge on any atom is 0.250 e. The summed E-state index contributed by atoms with van der Waals surface area (Å²) in [6.07, 6.45) is 1.45. The number of hydrogen-bond acceptors (Lipinski definition) is 4. The van der Waals surface area contributed by atoms with Crippen molar-refractivity contribution in [2.24, 2.45) is 0 Å². The highest BCUT2D eigenvalue weighted by Crippen LogP contribution is 2.28. The van der Waals surface area contributed by atoms with E-state index in [1.54, 1.807) is 6.20 Å². The van der Waals surface area contributed by atoms with Crippen LogP contribution < -0.4 is 10.1 Å². The van der Waals surface area contributed by atoms with Crippen LogP contribution in [0.15, 0.2) is 108 Å². The maximum absolute atomic E-state index is 13.5.